The Labute approximate surface area is 118 Å². The van der Waals surface area contributed by atoms with Crippen LogP contribution >= 0.6 is 27.5 Å². The highest BCUT2D eigenvalue weighted by Gasteiger charge is 2.16. The van der Waals surface area contributed by atoms with Crippen LogP contribution in [0.15, 0.2) is 22.8 Å². The molecule has 2 aromatic heterocycles. The quantitative estimate of drug-likeness (QED) is 0.808. The van der Waals surface area contributed by atoms with Crippen LogP contribution in [0.4, 0.5) is 0 Å². The van der Waals surface area contributed by atoms with E-state index in [2.05, 4.69) is 26.0 Å². The van der Waals surface area contributed by atoms with Gasteiger partial charge in [-0.1, -0.05) is 24.9 Å². The molecule has 2 heterocycles. The van der Waals surface area contributed by atoms with Gasteiger partial charge in [0.2, 0.25) is 0 Å². The lowest BCUT2D eigenvalue weighted by Gasteiger charge is -2.01. The Kier molecular flexibility index (Phi) is 4.14. The molecule has 0 bridgehead atoms. The Bertz CT molecular complexity index is 565. The van der Waals surface area contributed by atoms with E-state index < -0.39 is 0 Å². The SMILES string of the molecule is CCCc1nn(-c2ccc(Br)cn2)c(Cl)c1C=O. The van der Waals surface area contributed by atoms with Gasteiger partial charge in [0.25, 0.3) is 0 Å². The molecule has 0 aliphatic carbocycles. The molecule has 0 aromatic carbocycles. The van der Waals surface area contributed by atoms with Crippen molar-refractivity contribution in [2.24, 2.45) is 0 Å². The van der Waals surface area contributed by atoms with Crippen LogP contribution in [0.1, 0.15) is 29.4 Å². The van der Waals surface area contributed by atoms with Crippen molar-refractivity contribution in [1.82, 2.24) is 14.8 Å². The number of hydrogen-bond acceptors (Lipinski definition) is 3. The molecule has 0 spiro atoms. The first-order valence-corrected chi connectivity index (χ1v) is 6.69. The molecular formula is C12H11BrClN3O. The summed E-state index contributed by atoms with van der Waals surface area (Å²) in [5.74, 6) is 0.591. The molecule has 0 fully saturated rings. The van der Waals surface area contributed by atoms with E-state index in [0.717, 1.165) is 23.6 Å². The van der Waals surface area contributed by atoms with E-state index in [4.69, 9.17) is 11.6 Å². The van der Waals surface area contributed by atoms with Gasteiger partial charge >= 0.3 is 0 Å². The molecule has 4 nitrogen and oxygen atoms in total. The van der Waals surface area contributed by atoms with Crippen molar-refractivity contribution in [2.45, 2.75) is 19.8 Å². The summed E-state index contributed by atoms with van der Waals surface area (Å²) in [5.41, 5.74) is 1.16. The zero-order chi connectivity index (χ0) is 13.1. The van der Waals surface area contributed by atoms with Crippen molar-refractivity contribution in [3.8, 4) is 5.82 Å². The summed E-state index contributed by atoms with van der Waals surface area (Å²) in [5, 5.41) is 4.65. The first kappa shape index (κ1) is 13.2. The first-order chi connectivity index (χ1) is 8.67. The van der Waals surface area contributed by atoms with Gasteiger partial charge in [0.15, 0.2) is 12.1 Å². The molecule has 18 heavy (non-hydrogen) atoms. The fourth-order valence-electron chi connectivity index (χ4n) is 1.63. The van der Waals surface area contributed by atoms with Crippen LogP contribution in [0.5, 0.6) is 0 Å². The summed E-state index contributed by atoms with van der Waals surface area (Å²) < 4.78 is 2.36. The van der Waals surface area contributed by atoms with Gasteiger partial charge in [-0.05, 0) is 34.5 Å². The maximum Gasteiger partial charge on any atom is 0.155 e. The highest BCUT2D eigenvalue weighted by molar-refractivity contribution is 9.10. The Morgan fingerprint density at radius 3 is 2.83 bits per heavy atom. The number of aldehydes is 1. The van der Waals surface area contributed by atoms with Gasteiger partial charge < -0.3 is 0 Å². The molecule has 0 amide bonds. The van der Waals surface area contributed by atoms with Gasteiger partial charge in [0.1, 0.15) is 5.15 Å². The van der Waals surface area contributed by atoms with Crippen LogP contribution in [0.25, 0.3) is 5.82 Å². The lowest BCUT2D eigenvalue weighted by molar-refractivity contribution is 0.112. The number of rotatable bonds is 4. The molecule has 0 saturated carbocycles. The highest BCUT2D eigenvalue weighted by atomic mass is 79.9. The van der Waals surface area contributed by atoms with E-state index in [1.54, 1.807) is 12.3 Å². The van der Waals surface area contributed by atoms with Crippen molar-refractivity contribution in [3.05, 3.63) is 39.2 Å². The zero-order valence-corrected chi connectivity index (χ0v) is 12.1. The molecule has 0 aliphatic heterocycles. The van der Waals surface area contributed by atoms with E-state index in [1.165, 1.54) is 4.68 Å². The maximum atomic E-state index is 11.1. The number of carbonyl (C=O) groups excluding carboxylic acids is 1. The van der Waals surface area contributed by atoms with Crippen LogP contribution < -0.4 is 0 Å². The van der Waals surface area contributed by atoms with Crippen molar-refractivity contribution in [2.75, 3.05) is 0 Å². The molecule has 0 saturated heterocycles. The highest BCUT2D eigenvalue weighted by Crippen LogP contribution is 2.23. The topological polar surface area (TPSA) is 47.8 Å². The van der Waals surface area contributed by atoms with Crippen molar-refractivity contribution in [1.29, 1.82) is 0 Å². The number of hydrogen-bond donors (Lipinski definition) is 0. The fraction of sp³-hybridized carbons (Fsp3) is 0.250. The van der Waals surface area contributed by atoms with Gasteiger partial charge in [-0.2, -0.15) is 5.10 Å². The Balaban J connectivity index is 2.51. The van der Waals surface area contributed by atoms with Crippen LogP contribution in [0.2, 0.25) is 5.15 Å². The smallest absolute Gasteiger partial charge is 0.155 e. The van der Waals surface area contributed by atoms with Crippen LogP contribution in [-0.2, 0) is 6.42 Å². The number of carbonyl (C=O) groups is 1. The zero-order valence-electron chi connectivity index (χ0n) is 9.73. The minimum absolute atomic E-state index is 0.309. The molecule has 0 radical (unpaired) electrons. The number of aromatic nitrogens is 3. The minimum atomic E-state index is 0.309. The molecule has 94 valence electrons. The average molecular weight is 329 g/mol. The summed E-state index contributed by atoms with van der Waals surface area (Å²) in [4.78, 5) is 15.3. The van der Waals surface area contributed by atoms with Crippen LogP contribution in [0, 0.1) is 0 Å². The molecule has 6 heteroatoms. The van der Waals surface area contributed by atoms with E-state index in [-0.39, 0.29) is 0 Å². The normalized spacial score (nSPS) is 10.6. The summed E-state index contributed by atoms with van der Waals surface area (Å²) in [6.07, 6.45) is 4.03. The maximum absolute atomic E-state index is 11.1. The van der Waals surface area contributed by atoms with E-state index >= 15 is 0 Å². The lowest BCUT2D eigenvalue weighted by Crippen LogP contribution is -2.00. The Morgan fingerprint density at radius 1 is 1.50 bits per heavy atom. The third-order valence-electron chi connectivity index (χ3n) is 2.47. The Hall–Kier alpha value is -1.20. The first-order valence-electron chi connectivity index (χ1n) is 5.51. The van der Waals surface area contributed by atoms with E-state index in [9.17, 15) is 4.79 Å². The lowest BCUT2D eigenvalue weighted by atomic mass is 10.2. The van der Waals surface area contributed by atoms with Crippen LogP contribution in [-0.4, -0.2) is 21.1 Å². The summed E-state index contributed by atoms with van der Waals surface area (Å²) in [6, 6.07) is 3.63. The second-order valence-electron chi connectivity index (χ2n) is 3.77. The van der Waals surface area contributed by atoms with Crippen molar-refractivity contribution in [3.63, 3.8) is 0 Å². The van der Waals surface area contributed by atoms with Gasteiger partial charge in [-0.3, -0.25) is 4.79 Å². The fourth-order valence-corrected chi connectivity index (χ4v) is 2.15. The number of aryl methyl sites for hydroxylation is 1. The summed E-state index contributed by atoms with van der Waals surface area (Å²) >= 11 is 9.47. The number of nitrogens with zero attached hydrogens (tertiary/aromatic N) is 3. The molecule has 0 unspecified atom stereocenters. The monoisotopic (exact) mass is 327 g/mol. The second-order valence-corrected chi connectivity index (χ2v) is 5.04. The largest absolute Gasteiger partial charge is 0.298 e. The van der Waals surface area contributed by atoms with E-state index in [1.807, 2.05) is 13.0 Å². The van der Waals surface area contributed by atoms with Gasteiger partial charge in [0.05, 0.1) is 11.3 Å². The minimum Gasteiger partial charge on any atom is -0.298 e. The van der Waals surface area contributed by atoms with Gasteiger partial charge in [-0.15, -0.1) is 0 Å². The molecular weight excluding hydrogens is 318 g/mol. The average Bonchev–Trinajstić information content (AvgIpc) is 2.67. The predicted octanol–water partition coefficient (Wildman–Crippen LogP) is 3.45. The third-order valence-corrected chi connectivity index (χ3v) is 3.31. The summed E-state index contributed by atoms with van der Waals surface area (Å²) in [7, 11) is 0. The van der Waals surface area contributed by atoms with E-state index in [0.29, 0.717) is 22.2 Å². The van der Waals surface area contributed by atoms with Gasteiger partial charge in [0, 0.05) is 10.7 Å². The molecule has 0 aliphatic rings. The number of halogens is 2. The molecule has 0 N–H and O–H groups in total. The Morgan fingerprint density at radius 2 is 2.28 bits per heavy atom. The van der Waals surface area contributed by atoms with Crippen molar-refractivity contribution < 1.29 is 4.79 Å². The predicted molar refractivity (Wildman–Crippen MR) is 73.5 cm³/mol. The van der Waals surface area contributed by atoms with Crippen LogP contribution in [0.3, 0.4) is 0 Å². The second kappa shape index (κ2) is 5.63. The van der Waals surface area contributed by atoms with Crippen molar-refractivity contribution >= 4 is 33.8 Å². The third kappa shape index (κ3) is 2.47. The molecule has 2 rings (SSSR count). The summed E-state index contributed by atoms with van der Waals surface area (Å²) in [6.45, 7) is 2.03. The molecule has 2 aromatic rings. The van der Waals surface area contributed by atoms with Gasteiger partial charge in [-0.25, -0.2) is 9.67 Å². The molecule has 0 atom stereocenters. The number of pyridine rings is 1. The standard InChI is InChI=1S/C12H11BrClN3O/c1-2-3-10-9(7-18)12(14)17(16-10)11-5-4-8(13)6-15-11/h4-7H,2-3H2,1H3.